The minimum absolute atomic E-state index is 0.155. The number of nitrogens with zero attached hydrogens (tertiary/aromatic N) is 4. The molecule has 0 radical (unpaired) electrons. The number of benzene rings is 1. The number of nitrogens with one attached hydrogen (secondary N) is 2. The Morgan fingerprint density at radius 3 is 2.65 bits per heavy atom. The van der Waals surface area contributed by atoms with Gasteiger partial charge in [0.25, 0.3) is 5.56 Å². The molecule has 0 fully saturated rings. The number of pyridine rings is 1. The van der Waals surface area contributed by atoms with Crippen LogP contribution in [0.1, 0.15) is 16.1 Å². The van der Waals surface area contributed by atoms with Gasteiger partial charge in [0.2, 0.25) is 0 Å². The van der Waals surface area contributed by atoms with Crippen molar-refractivity contribution in [2.45, 2.75) is 6.92 Å². The van der Waals surface area contributed by atoms with Crippen molar-refractivity contribution in [3.8, 4) is 11.3 Å². The van der Waals surface area contributed by atoms with Crippen molar-refractivity contribution in [1.29, 1.82) is 0 Å². The Balaban J connectivity index is 1.84. The lowest BCUT2D eigenvalue weighted by molar-refractivity contribution is 0.0600. The van der Waals surface area contributed by atoms with Gasteiger partial charge in [-0.3, -0.25) is 14.9 Å². The van der Waals surface area contributed by atoms with Crippen LogP contribution in [0.2, 0.25) is 0 Å². The summed E-state index contributed by atoms with van der Waals surface area (Å²) >= 11 is 0. The molecule has 1 aromatic heterocycles. The summed E-state index contributed by atoms with van der Waals surface area (Å²) in [5.41, 5.74) is 5.49. The third kappa shape index (κ3) is 2.55. The van der Waals surface area contributed by atoms with Gasteiger partial charge in [0.05, 0.1) is 29.4 Å². The van der Waals surface area contributed by atoms with Crippen LogP contribution in [0, 0.1) is 6.92 Å². The molecule has 2 N–H and O–H groups in total. The van der Waals surface area contributed by atoms with E-state index in [2.05, 4.69) is 25.6 Å². The molecule has 130 valence electrons. The molecule has 0 amide bonds. The summed E-state index contributed by atoms with van der Waals surface area (Å²) in [4.78, 5) is 33.0. The number of fused-ring (bicyclic) bond motifs is 2. The Hall–Kier alpha value is -3.75. The summed E-state index contributed by atoms with van der Waals surface area (Å²) in [6.45, 7) is 1.82. The third-order valence-electron chi connectivity index (χ3n) is 3.95. The first-order chi connectivity index (χ1) is 12.6. The average molecular weight is 350 g/mol. The zero-order chi connectivity index (χ0) is 18.3. The molecule has 0 spiro atoms. The number of para-hydroxylation sites is 2. The monoisotopic (exact) mass is 350 g/mol. The lowest BCUT2D eigenvalue weighted by Gasteiger charge is -2.14. The zero-order valence-corrected chi connectivity index (χ0v) is 14.0. The standard InChI is InChI=1S/C17H14N6O3/c1-9-15(19-13-6-4-3-5-12(13)18-9)22-23-7-10-14(20-21-16(10)24)11(8-23)17(25)26-2/h3-8H,1-2H3,(H,19,22)(H,21,24). The van der Waals surface area contributed by atoms with Crippen molar-refractivity contribution in [2.24, 2.45) is 0 Å². The van der Waals surface area contributed by atoms with E-state index in [1.54, 1.807) is 0 Å². The number of rotatable bonds is 3. The highest BCUT2D eigenvalue weighted by Crippen LogP contribution is 2.22. The summed E-state index contributed by atoms with van der Waals surface area (Å²) in [5.74, 6) is -0.0984. The molecule has 3 heterocycles. The van der Waals surface area contributed by atoms with Gasteiger partial charge in [0, 0.05) is 12.4 Å². The second-order valence-corrected chi connectivity index (χ2v) is 5.64. The lowest BCUT2D eigenvalue weighted by atomic mass is 10.1. The lowest BCUT2D eigenvalue weighted by Crippen LogP contribution is -2.17. The number of esters is 1. The van der Waals surface area contributed by atoms with Crippen molar-refractivity contribution in [3.63, 3.8) is 0 Å². The Kier molecular flexibility index (Phi) is 3.61. The van der Waals surface area contributed by atoms with E-state index < -0.39 is 11.5 Å². The van der Waals surface area contributed by atoms with E-state index >= 15 is 0 Å². The number of hydrogen-bond donors (Lipinski definition) is 2. The van der Waals surface area contributed by atoms with Crippen molar-refractivity contribution >= 4 is 22.8 Å². The van der Waals surface area contributed by atoms with E-state index in [1.807, 2.05) is 31.2 Å². The predicted octanol–water partition coefficient (Wildman–Crippen LogP) is 1.59. The number of ether oxygens (including phenoxy) is 1. The normalized spacial score (nSPS) is 11.0. The van der Waals surface area contributed by atoms with Crippen LogP contribution in [0.3, 0.4) is 0 Å². The van der Waals surface area contributed by atoms with Crippen LogP contribution in [0.25, 0.3) is 22.3 Å². The molecule has 0 bridgehead atoms. The van der Waals surface area contributed by atoms with Gasteiger partial charge in [-0.1, -0.05) is 12.1 Å². The van der Waals surface area contributed by atoms with Gasteiger partial charge in [-0.25, -0.2) is 19.9 Å². The zero-order valence-electron chi connectivity index (χ0n) is 14.0. The van der Waals surface area contributed by atoms with E-state index in [9.17, 15) is 9.59 Å². The van der Waals surface area contributed by atoms with Crippen molar-refractivity contribution in [3.05, 3.63) is 58.3 Å². The first kappa shape index (κ1) is 15.8. The number of anilines is 1. The fourth-order valence-corrected chi connectivity index (χ4v) is 2.68. The summed E-state index contributed by atoms with van der Waals surface area (Å²) in [5, 5.41) is 6.23. The third-order valence-corrected chi connectivity index (χ3v) is 3.95. The van der Waals surface area contributed by atoms with Gasteiger partial charge < -0.3 is 4.74 Å². The average Bonchev–Trinajstić information content (AvgIpc) is 3.02. The molecule has 2 aliphatic rings. The summed E-state index contributed by atoms with van der Waals surface area (Å²) in [7, 11) is 1.27. The van der Waals surface area contributed by atoms with Crippen LogP contribution in [0.4, 0.5) is 5.82 Å². The highest BCUT2D eigenvalue weighted by molar-refractivity contribution is 5.96. The summed E-state index contributed by atoms with van der Waals surface area (Å²) in [6.07, 6.45) is 3.02. The molecule has 4 rings (SSSR count). The molecule has 0 atom stereocenters. The van der Waals surface area contributed by atoms with E-state index in [0.717, 1.165) is 11.0 Å². The highest BCUT2D eigenvalue weighted by Gasteiger charge is 2.22. The number of aromatic nitrogens is 5. The summed E-state index contributed by atoms with van der Waals surface area (Å²) in [6, 6.07) is 7.50. The molecule has 1 aromatic carbocycles. The molecule has 0 saturated carbocycles. The molecule has 2 aliphatic heterocycles. The SMILES string of the molecule is COC(=O)c1cn(Nc2nc3ccccc3nc2C)cc2c(=O)[nH]nc1-2. The molecule has 9 nitrogen and oxygen atoms in total. The number of aryl methyl sites for hydroxylation is 1. The van der Waals surface area contributed by atoms with Crippen LogP contribution in [-0.2, 0) is 4.74 Å². The second kappa shape index (κ2) is 5.96. The Morgan fingerprint density at radius 1 is 1.19 bits per heavy atom. The van der Waals surface area contributed by atoms with Crippen molar-refractivity contribution in [2.75, 3.05) is 12.5 Å². The van der Waals surface area contributed by atoms with E-state index in [0.29, 0.717) is 11.5 Å². The van der Waals surface area contributed by atoms with Crippen LogP contribution >= 0.6 is 0 Å². The minimum Gasteiger partial charge on any atom is -0.465 e. The van der Waals surface area contributed by atoms with Gasteiger partial charge in [-0.05, 0) is 19.1 Å². The molecule has 0 aliphatic carbocycles. The molecular weight excluding hydrogens is 336 g/mol. The van der Waals surface area contributed by atoms with Crippen LogP contribution in [0.15, 0.2) is 41.5 Å². The summed E-state index contributed by atoms with van der Waals surface area (Å²) < 4.78 is 6.25. The smallest absolute Gasteiger partial charge is 0.341 e. The van der Waals surface area contributed by atoms with Gasteiger partial charge in [-0.2, -0.15) is 5.10 Å². The first-order valence-corrected chi connectivity index (χ1v) is 7.76. The maximum absolute atomic E-state index is 12.0. The van der Waals surface area contributed by atoms with E-state index in [1.165, 1.54) is 24.2 Å². The largest absolute Gasteiger partial charge is 0.465 e. The number of hydrogen-bond acceptors (Lipinski definition) is 7. The Labute approximate surface area is 147 Å². The number of carbonyl (C=O) groups excluding carboxylic acids is 1. The van der Waals surface area contributed by atoms with Gasteiger partial charge >= 0.3 is 5.97 Å². The molecule has 2 aromatic rings. The van der Waals surface area contributed by atoms with Gasteiger partial charge in [0.1, 0.15) is 11.3 Å². The number of H-pyrrole nitrogens is 1. The predicted molar refractivity (Wildman–Crippen MR) is 94.1 cm³/mol. The Morgan fingerprint density at radius 2 is 1.92 bits per heavy atom. The van der Waals surface area contributed by atoms with Crippen molar-refractivity contribution in [1.82, 2.24) is 24.8 Å². The maximum Gasteiger partial charge on any atom is 0.341 e. The molecular formula is C17H14N6O3. The van der Waals surface area contributed by atoms with Crippen molar-refractivity contribution < 1.29 is 9.53 Å². The molecule has 9 heteroatoms. The number of carbonyl (C=O) groups is 1. The minimum atomic E-state index is -0.598. The Bertz CT molecular complexity index is 1160. The fourth-order valence-electron chi connectivity index (χ4n) is 2.68. The number of aromatic amines is 1. The quantitative estimate of drug-likeness (QED) is 0.539. The van der Waals surface area contributed by atoms with Crippen LogP contribution < -0.4 is 11.0 Å². The topological polar surface area (TPSA) is 115 Å². The highest BCUT2D eigenvalue weighted by atomic mass is 16.5. The van der Waals surface area contributed by atoms with Gasteiger partial charge in [0.15, 0.2) is 5.82 Å². The fraction of sp³-hybridized carbons (Fsp3) is 0.118. The van der Waals surface area contributed by atoms with Crippen LogP contribution in [0.5, 0.6) is 0 Å². The van der Waals surface area contributed by atoms with Gasteiger partial charge in [-0.15, -0.1) is 0 Å². The van der Waals surface area contributed by atoms with E-state index in [-0.39, 0.29) is 16.8 Å². The number of methoxy groups -OCH3 is 1. The maximum atomic E-state index is 12.0. The molecule has 26 heavy (non-hydrogen) atoms. The molecule has 0 saturated heterocycles. The van der Waals surface area contributed by atoms with Crippen LogP contribution in [-0.4, -0.2) is 37.9 Å². The first-order valence-electron chi connectivity index (χ1n) is 7.76. The molecule has 0 unspecified atom stereocenters. The van der Waals surface area contributed by atoms with E-state index in [4.69, 9.17) is 4.74 Å². The second-order valence-electron chi connectivity index (χ2n) is 5.64.